The van der Waals surface area contributed by atoms with E-state index in [0.29, 0.717) is 31.4 Å². The Kier molecular flexibility index (Phi) is 7.27. The Morgan fingerprint density at radius 2 is 1.56 bits per heavy atom. The molecular weight excluding hydrogens is 528 g/mol. The first-order chi connectivity index (χ1) is 18.4. The summed E-state index contributed by atoms with van der Waals surface area (Å²) in [6.07, 6.45) is -4.25. The molecule has 212 valence electrons. The second-order valence-electron chi connectivity index (χ2n) is 10.5. The van der Waals surface area contributed by atoms with Crippen molar-refractivity contribution in [3.8, 4) is 0 Å². The molecule has 1 saturated carbocycles. The number of aromatic nitrogens is 2. The van der Waals surface area contributed by atoms with Crippen LogP contribution >= 0.6 is 0 Å². The SMILES string of the molecule is O=C(NCC(F)(F)F)N1CCC(n2ncc(C(=O)N3CC[C@@H](c4ccccc4C(F)(F)F)C3)c2C2CC2)CC1. The first-order valence-corrected chi connectivity index (χ1v) is 13.0. The first kappa shape index (κ1) is 27.3. The molecule has 0 bridgehead atoms. The lowest BCUT2D eigenvalue weighted by atomic mass is 9.93. The molecule has 3 aliphatic rings. The Morgan fingerprint density at radius 3 is 2.21 bits per heavy atom. The van der Waals surface area contributed by atoms with Crippen LogP contribution in [0.2, 0.25) is 0 Å². The lowest BCUT2D eigenvalue weighted by molar-refractivity contribution is -0.138. The predicted octanol–water partition coefficient (Wildman–Crippen LogP) is 5.32. The topological polar surface area (TPSA) is 70.5 Å². The molecule has 1 aliphatic carbocycles. The molecule has 39 heavy (non-hydrogen) atoms. The van der Waals surface area contributed by atoms with Gasteiger partial charge >= 0.3 is 18.4 Å². The van der Waals surface area contributed by atoms with E-state index < -0.39 is 36.4 Å². The number of nitrogens with one attached hydrogen (secondary N) is 1. The third-order valence-corrected chi connectivity index (χ3v) is 7.75. The van der Waals surface area contributed by atoms with Crippen LogP contribution in [0.25, 0.3) is 0 Å². The van der Waals surface area contributed by atoms with Crippen molar-refractivity contribution in [1.82, 2.24) is 24.9 Å². The number of hydrogen-bond donors (Lipinski definition) is 1. The highest BCUT2D eigenvalue weighted by atomic mass is 19.4. The zero-order valence-electron chi connectivity index (χ0n) is 21.1. The van der Waals surface area contributed by atoms with E-state index in [1.807, 2.05) is 10.00 Å². The Bertz CT molecular complexity index is 1210. The van der Waals surface area contributed by atoms with Crippen LogP contribution in [0.1, 0.15) is 77.2 Å². The van der Waals surface area contributed by atoms with E-state index in [9.17, 15) is 35.9 Å². The minimum Gasteiger partial charge on any atom is -0.338 e. The monoisotopic (exact) mass is 557 g/mol. The number of piperidine rings is 1. The minimum absolute atomic E-state index is 0.112. The number of hydrogen-bond acceptors (Lipinski definition) is 3. The maximum atomic E-state index is 13.5. The van der Waals surface area contributed by atoms with Crippen molar-refractivity contribution in [3.05, 3.63) is 52.8 Å². The normalized spacial score (nSPS) is 20.9. The van der Waals surface area contributed by atoms with Crippen LogP contribution < -0.4 is 5.32 Å². The van der Waals surface area contributed by atoms with Crippen molar-refractivity contribution in [1.29, 1.82) is 0 Å². The molecule has 7 nitrogen and oxygen atoms in total. The smallest absolute Gasteiger partial charge is 0.338 e. The quantitative estimate of drug-likeness (QED) is 0.507. The molecule has 2 saturated heterocycles. The van der Waals surface area contributed by atoms with Gasteiger partial charge in [-0.1, -0.05) is 18.2 Å². The zero-order valence-corrected chi connectivity index (χ0v) is 21.1. The van der Waals surface area contributed by atoms with E-state index in [0.717, 1.165) is 24.6 Å². The fraction of sp³-hybridized carbons (Fsp3) is 0.577. The van der Waals surface area contributed by atoms with Gasteiger partial charge in [-0.15, -0.1) is 0 Å². The van der Waals surface area contributed by atoms with Crippen molar-refractivity contribution in [2.24, 2.45) is 0 Å². The van der Waals surface area contributed by atoms with E-state index in [2.05, 4.69) is 5.10 Å². The molecule has 1 aromatic heterocycles. The van der Waals surface area contributed by atoms with Gasteiger partial charge in [-0.05, 0) is 43.7 Å². The highest BCUT2D eigenvalue weighted by molar-refractivity contribution is 5.95. The number of urea groups is 1. The number of nitrogens with zero attached hydrogens (tertiary/aromatic N) is 4. The van der Waals surface area contributed by atoms with Gasteiger partial charge in [-0.2, -0.15) is 31.4 Å². The Hall–Kier alpha value is -3.25. The molecule has 1 atom stereocenters. The van der Waals surface area contributed by atoms with Gasteiger partial charge in [0.15, 0.2) is 0 Å². The van der Waals surface area contributed by atoms with E-state index in [1.54, 1.807) is 11.0 Å². The number of amides is 3. The number of benzene rings is 1. The fourth-order valence-corrected chi connectivity index (χ4v) is 5.67. The van der Waals surface area contributed by atoms with Gasteiger partial charge in [-0.25, -0.2) is 4.79 Å². The van der Waals surface area contributed by atoms with Crippen LogP contribution in [-0.2, 0) is 6.18 Å². The zero-order chi connectivity index (χ0) is 27.9. The molecule has 1 aromatic carbocycles. The van der Waals surface area contributed by atoms with Gasteiger partial charge in [0.25, 0.3) is 5.91 Å². The summed E-state index contributed by atoms with van der Waals surface area (Å²) < 4.78 is 79.7. The van der Waals surface area contributed by atoms with Crippen LogP contribution in [0.15, 0.2) is 30.5 Å². The molecule has 0 unspecified atom stereocenters. The largest absolute Gasteiger partial charge is 0.416 e. The number of alkyl halides is 6. The fourth-order valence-electron chi connectivity index (χ4n) is 5.67. The summed E-state index contributed by atoms with van der Waals surface area (Å²) in [7, 11) is 0. The summed E-state index contributed by atoms with van der Waals surface area (Å²) in [6.45, 7) is -0.341. The molecule has 13 heteroatoms. The molecule has 3 amide bonds. The van der Waals surface area contributed by atoms with Crippen molar-refractivity contribution in [2.75, 3.05) is 32.7 Å². The summed E-state index contributed by atoms with van der Waals surface area (Å²) in [5, 5.41) is 6.40. The first-order valence-electron chi connectivity index (χ1n) is 13.0. The van der Waals surface area contributed by atoms with Crippen molar-refractivity contribution in [3.63, 3.8) is 0 Å². The van der Waals surface area contributed by atoms with Crippen LogP contribution in [-0.4, -0.2) is 70.4 Å². The number of rotatable bonds is 5. The second kappa shape index (κ2) is 10.4. The maximum absolute atomic E-state index is 13.5. The third kappa shape index (κ3) is 6.01. The summed E-state index contributed by atoms with van der Waals surface area (Å²) in [5.41, 5.74) is 0.783. The Morgan fingerprint density at radius 1 is 0.897 bits per heavy atom. The van der Waals surface area contributed by atoms with E-state index in [1.165, 1.54) is 23.2 Å². The molecule has 2 aliphatic heterocycles. The van der Waals surface area contributed by atoms with E-state index in [4.69, 9.17) is 0 Å². The number of halogens is 6. The summed E-state index contributed by atoms with van der Waals surface area (Å²) in [6, 6.07) is 4.61. The average Bonchev–Trinajstić information content (AvgIpc) is 3.44. The molecule has 5 rings (SSSR count). The lowest BCUT2D eigenvalue weighted by Gasteiger charge is -2.33. The summed E-state index contributed by atoms with van der Waals surface area (Å²) >= 11 is 0. The lowest BCUT2D eigenvalue weighted by Crippen LogP contribution is -2.47. The van der Waals surface area contributed by atoms with Gasteiger partial charge < -0.3 is 15.1 Å². The van der Waals surface area contributed by atoms with E-state index >= 15 is 0 Å². The van der Waals surface area contributed by atoms with Crippen LogP contribution in [0, 0.1) is 0 Å². The highest BCUT2D eigenvalue weighted by Crippen LogP contribution is 2.44. The Balaban J connectivity index is 1.26. The number of carbonyl (C=O) groups is 2. The van der Waals surface area contributed by atoms with E-state index in [-0.39, 0.29) is 43.1 Å². The summed E-state index contributed by atoms with van der Waals surface area (Å²) in [5.74, 6) is -0.512. The minimum atomic E-state index is -4.48. The van der Waals surface area contributed by atoms with Crippen molar-refractivity contribution in [2.45, 2.75) is 62.3 Å². The van der Waals surface area contributed by atoms with Gasteiger partial charge in [0.05, 0.1) is 29.1 Å². The number of likely N-dealkylation sites (tertiary alicyclic amines) is 2. The molecule has 0 radical (unpaired) electrons. The molecule has 2 aromatic rings. The molecular formula is C26H29F6N5O2. The van der Waals surface area contributed by atoms with Crippen LogP contribution in [0.5, 0.6) is 0 Å². The second-order valence-corrected chi connectivity index (χ2v) is 10.5. The van der Waals surface area contributed by atoms with Crippen LogP contribution in [0.3, 0.4) is 0 Å². The molecule has 0 spiro atoms. The highest BCUT2D eigenvalue weighted by Gasteiger charge is 2.40. The van der Waals surface area contributed by atoms with Gasteiger partial charge in [0, 0.05) is 38.0 Å². The van der Waals surface area contributed by atoms with Crippen molar-refractivity contribution >= 4 is 11.9 Å². The third-order valence-electron chi connectivity index (χ3n) is 7.75. The summed E-state index contributed by atoms with van der Waals surface area (Å²) in [4.78, 5) is 28.6. The van der Waals surface area contributed by atoms with Crippen LogP contribution in [0.4, 0.5) is 31.1 Å². The maximum Gasteiger partial charge on any atom is 0.416 e. The molecule has 3 fully saturated rings. The average molecular weight is 558 g/mol. The molecule has 1 N–H and O–H groups in total. The standard InChI is InChI=1S/C26H29F6N5O2/c27-25(28,29)15-33-24(39)35-11-8-18(9-12-35)37-22(16-5-6-16)20(13-34-37)23(38)36-10-7-17(14-36)19-3-1-2-4-21(19)26(30,31)32/h1-4,13,16-18H,5-12,14-15H2,(H,33,39)/t17-/m1/s1. The van der Waals surface area contributed by atoms with Gasteiger partial charge in [0.2, 0.25) is 0 Å². The van der Waals surface area contributed by atoms with Gasteiger partial charge in [0.1, 0.15) is 6.54 Å². The van der Waals surface area contributed by atoms with Gasteiger partial charge in [-0.3, -0.25) is 9.48 Å². The molecule has 3 heterocycles. The number of carbonyl (C=O) groups excluding carboxylic acids is 2. The van der Waals surface area contributed by atoms with Crippen molar-refractivity contribution < 1.29 is 35.9 Å². The predicted molar refractivity (Wildman–Crippen MR) is 128 cm³/mol. The Labute approximate surface area is 221 Å².